The van der Waals surface area contributed by atoms with E-state index in [1.807, 2.05) is 0 Å². The molecule has 3 aromatic rings. The Morgan fingerprint density at radius 1 is 1.14 bits per heavy atom. The fourth-order valence-corrected chi connectivity index (χ4v) is 4.50. The fourth-order valence-electron chi connectivity index (χ4n) is 3.08. The summed E-state index contributed by atoms with van der Waals surface area (Å²) >= 11 is 13.3. The predicted molar refractivity (Wildman–Crippen MR) is 142 cm³/mol. The van der Waals surface area contributed by atoms with Gasteiger partial charge in [0.2, 0.25) is 11.0 Å². The number of hydrogen-bond donors (Lipinski definition) is 3. The fraction of sp³-hybridized carbons (Fsp3) is 0.200. The Morgan fingerprint density at radius 3 is 2.50 bits per heavy atom. The lowest BCUT2D eigenvalue weighted by Crippen LogP contribution is -2.25. The molecule has 188 valence electrons. The van der Waals surface area contributed by atoms with E-state index in [4.69, 9.17) is 33.7 Å². The number of amides is 1. The number of hydrogen-bond acceptors (Lipinski definition) is 8. The van der Waals surface area contributed by atoms with E-state index in [-0.39, 0.29) is 47.6 Å². The number of aryl methyl sites for hydroxylation is 1. The van der Waals surface area contributed by atoms with Crippen LogP contribution in [0.1, 0.15) is 35.1 Å². The van der Waals surface area contributed by atoms with Crippen molar-refractivity contribution in [3.63, 3.8) is 0 Å². The quantitative estimate of drug-likeness (QED) is 0.308. The summed E-state index contributed by atoms with van der Waals surface area (Å²) in [4.78, 5) is 34.6. The third-order valence-electron chi connectivity index (χ3n) is 5.01. The van der Waals surface area contributed by atoms with Gasteiger partial charge in [0.25, 0.3) is 0 Å². The van der Waals surface area contributed by atoms with Crippen molar-refractivity contribution in [3.8, 4) is 11.5 Å². The largest absolute Gasteiger partial charge is 0.453 e. The summed E-state index contributed by atoms with van der Waals surface area (Å²) < 4.78 is 5.88. The maximum atomic E-state index is 13.2. The van der Waals surface area contributed by atoms with Gasteiger partial charge >= 0.3 is 0 Å². The Labute approximate surface area is 222 Å². The summed E-state index contributed by atoms with van der Waals surface area (Å²) in [7, 11) is 0. The highest BCUT2D eigenvalue weighted by Gasteiger charge is 2.20. The van der Waals surface area contributed by atoms with Gasteiger partial charge in [-0.25, -0.2) is 9.97 Å². The standard InChI is InChI=1S/C25H24Cl2N4O4S/c1-14(24(33)30-13-16-12-29-15(2)31-23(16)28)21(10-11-32)36-25(34)17-6-3-4-9-20(17)35-22-18(26)7-5-8-19(22)27/h3-9,12,32H,10-11,13H2,1-2H3,(H,30,33)(H2,28,29,31)/b21-14-. The average molecular weight is 547 g/mol. The number of carbonyl (C=O) groups is 2. The third-order valence-corrected chi connectivity index (χ3v) is 6.77. The normalized spacial score (nSPS) is 11.6. The predicted octanol–water partition coefficient (Wildman–Crippen LogP) is 5.31. The average Bonchev–Trinajstić information content (AvgIpc) is 2.85. The van der Waals surface area contributed by atoms with Crippen molar-refractivity contribution in [2.45, 2.75) is 26.8 Å². The van der Waals surface area contributed by atoms with Crippen LogP contribution in [0.3, 0.4) is 0 Å². The zero-order valence-corrected chi connectivity index (χ0v) is 21.9. The summed E-state index contributed by atoms with van der Waals surface area (Å²) in [6.45, 7) is 3.17. The van der Waals surface area contributed by atoms with Gasteiger partial charge in [-0.05, 0) is 38.1 Å². The Kier molecular flexibility index (Phi) is 9.72. The van der Waals surface area contributed by atoms with Crippen LogP contribution in [-0.4, -0.2) is 32.7 Å². The van der Waals surface area contributed by atoms with Gasteiger partial charge in [0.15, 0.2) is 5.75 Å². The molecule has 1 amide bonds. The number of ether oxygens (including phenoxy) is 1. The molecule has 36 heavy (non-hydrogen) atoms. The molecule has 2 aromatic carbocycles. The van der Waals surface area contributed by atoms with Crippen molar-refractivity contribution in [2.24, 2.45) is 0 Å². The van der Waals surface area contributed by atoms with Crippen LogP contribution in [0, 0.1) is 6.92 Å². The van der Waals surface area contributed by atoms with E-state index < -0.39 is 5.91 Å². The first kappa shape index (κ1) is 27.5. The van der Waals surface area contributed by atoms with Gasteiger partial charge in [0.05, 0.1) is 15.6 Å². The molecule has 1 heterocycles. The smallest absolute Gasteiger partial charge is 0.247 e. The molecule has 0 radical (unpaired) electrons. The van der Waals surface area contributed by atoms with Crippen LogP contribution >= 0.6 is 35.0 Å². The maximum absolute atomic E-state index is 13.2. The number of carbonyl (C=O) groups excluding carboxylic acids is 2. The Bertz CT molecular complexity index is 1300. The number of para-hydroxylation sites is 2. The molecule has 0 spiro atoms. The van der Waals surface area contributed by atoms with E-state index in [0.29, 0.717) is 31.9 Å². The van der Waals surface area contributed by atoms with Gasteiger partial charge < -0.3 is 20.9 Å². The van der Waals surface area contributed by atoms with Gasteiger partial charge in [-0.3, -0.25) is 9.59 Å². The number of aromatic nitrogens is 2. The van der Waals surface area contributed by atoms with E-state index in [9.17, 15) is 14.7 Å². The number of halogens is 2. The number of nitrogens with two attached hydrogens (primary N) is 1. The van der Waals surface area contributed by atoms with Gasteiger partial charge in [0.1, 0.15) is 17.4 Å². The van der Waals surface area contributed by atoms with E-state index in [0.717, 1.165) is 11.8 Å². The van der Waals surface area contributed by atoms with Gasteiger partial charge in [-0.15, -0.1) is 0 Å². The number of benzene rings is 2. The molecule has 3 rings (SSSR count). The van der Waals surface area contributed by atoms with Crippen molar-refractivity contribution in [1.29, 1.82) is 0 Å². The zero-order chi connectivity index (χ0) is 26.2. The van der Waals surface area contributed by atoms with Crippen molar-refractivity contribution >= 4 is 51.8 Å². The zero-order valence-electron chi connectivity index (χ0n) is 19.5. The second-order valence-corrected chi connectivity index (χ2v) is 9.45. The van der Waals surface area contributed by atoms with Crippen LogP contribution in [-0.2, 0) is 11.3 Å². The van der Waals surface area contributed by atoms with Gasteiger partial charge in [0, 0.05) is 41.8 Å². The van der Waals surface area contributed by atoms with E-state index in [1.165, 1.54) is 0 Å². The van der Waals surface area contributed by atoms with Crippen molar-refractivity contribution in [1.82, 2.24) is 15.3 Å². The lowest BCUT2D eigenvalue weighted by atomic mass is 10.2. The van der Waals surface area contributed by atoms with E-state index in [1.54, 1.807) is 62.5 Å². The summed E-state index contributed by atoms with van der Waals surface area (Å²) in [5, 5.41) is 12.5. The number of aliphatic hydroxyl groups excluding tert-OH is 1. The Hall–Kier alpha value is -3.11. The second kappa shape index (κ2) is 12.7. The first-order chi connectivity index (χ1) is 17.2. The summed E-state index contributed by atoms with van der Waals surface area (Å²) in [6, 6.07) is 11.6. The third kappa shape index (κ3) is 6.98. The summed E-state index contributed by atoms with van der Waals surface area (Å²) in [6.07, 6.45) is 1.66. The van der Waals surface area contributed by atoms with Gasteiger partial charge in [-0.1, -0.05) is 53.2 Å². The van der Waals surface area contributed by atoms with Crippen LogP contribution in [0.15, 0.2) is 59.1 Å². The highest BCUT2D eigenvalue weighted by Crippen LogP contribution is 2.38. The summed E-state index contributed by atoms with van der Waals surface area (Å²) in [5.74, 6) is 0.878. The van der Waals surface area contributed by atoms with Crippen molar-refractivity contribution < 1.29 is 19.4 Å². The van der Waals surface area contributed by atoms with Crippen molar-refractivity contribution in [3.05, 3.63) is 86.1 Å². The molecule has 0 unspecified atom stereocenters. The second-order valence-electron chi connectivity index (χ2n) is 7.57. The number of rotatable bonds is 9. The Morgan fingerprint density at radius 2 is 1.83 bits per heavy atom. The molecule has 8 nitrogen and oxygen atoms in total. The number of anilines is 1. The SMILES string of the molecule is C/C(C(=O)NCc1cnc(C)nc1N)=C(\CCO)SC(=O)c1ccccc1Oc1c(Cl)cccc1Cl. The number of nitrogens with one attached hydrogen (secondary N) is 1. The lowest BCUT2D eigenvalue weighted by molar-refractivity contribution is -0.117. The van der Waals surface area contributed by atoms with Crippen LogP contribution in [0.4, 0.5) is 5.82 Å². The minimum Gasteiger partial charge on any atom is -0.453 e. The summed E-state index contributed by atoms with van der Waals surface area (Å²) in [5.41, 5.74) is 7.00. The van der Waals surface area contributed by atoms with Gasteiger partial charge in [-0.2, -0.15) is 0 Å². The lowest BCUT2D eigenvalue weighted by Gasteiger charge is -2.14. The van der Waals surface area contributed by atoms with E-state index >= 15 is 0 Å². The molecule has 0 atom stereocenters. The molecule has 0 saturated heterocycles. The minimum absolute atomic E-state index is 0.114. The molecule has 0 aliphatic rings. The maximum Gasteiger partial charge on any atom is 0.247 e. The number of nitrogens with zero attached hydrogens (tertiary/aromatic N) is 2. The van der Waals surface area contributed by atoms with Crippen LogP contribution in [0.2, 0.25) is 10.0 Å². The monoisotopic (exact) mass is 546 g/mol. The molecule has 0 fully saturated rings. The topological polar surface area (TPSA) is 127 Å². The molecule has 0 aliphatic carbocycles. The molecule has 0 bridgehead atoms. The number of nitrogen functional groups attached to an aromatic ring is 1. The highest BCUT2D eigenvalue weighted by molar-refractivity contribution is 8.17. The van der Waals surface area contributed by atoms with Crippen molar-refractivity contribution in [2.75, 3.05) is 12.3 Å². The molecule has 0 saturated carbocycles. The van der Waals surface area contributed by atoms with Crippen LogP contribution in [0.5, 0.6) is 11.5 Å². The molecule has 1 aromatic heterocycles. The molecular weight excluding hydrogens is 523 g/mol. The highest BCUT2D eigenvalue weighted by atomic mass is 35.5. The molecular formula is C25H24Cl2N4O4S. The van der Waals surface area contributed by atoms with Crippen LogP contribution in [0.25, 0.3) is 0 Å². The number of aliphatic hydroxyl groups is 1. The van der Waals surface area contributed by atoms with Crippen LogP contribution < -0.4 is 15.8 Å². The molecule has 4 N–H and O–H groups in total. The number of thioether (sulfide) groups is 1. The molecule has 0 aliphatic heterocycles. The Balaban J connectivity index is 1.79. The molecule has 11 heteroatoms. The first-order valence-corrected chi connectivity index (χ1v) is 12.4. The minimum atomic E-state index is -0.411. The first-order valence-electron chi connectivity index (χ1n) is 10.8. The van der Waals surface area contributed by atoms with E-state index in [2.05, 4.69) is 15.3 Å².